The zero-order chi connectivity index (χ0) is 45.9. The van der Waals surface area contributed by atoms with Crippen LogP contribution in [0.25, 0.3) is 11.1 Å². The number of halogens is 1. The van der Waals surface area contributed by atoms with E-state index in [1.54, 1.807) is 24.3 Å². The molecule has 2 aliphatic rings. The van der Waals surface area contributed by atoms with E-state index >= 15 is 0 Å². The van der Waals surface area contributed by atoms with Gasteiger partial charge in [0.15, 0.2) is 18.3 Å². The molecule has 0 saturated carbocycles. The lowest BCUT2D eigenvalue weighted by atomic mass is 9.97. The fourth-order valence-electron chi connectivity index (χ4n) is 7.08. The summed E-state index contributed by atoms with van der Waals surface area (Å²) in [6.07, 6.45) is -10.5. The number of anilines is 1. The van der Waals surface area contributed by atoms with Crippen LogP contribution < -0.4 is 20.1 Å². The van der Waals surface area contributed by atoms with E-state index in [1.807, 2.05) is 48.5 Å². The average molecular weight is 995 g/mol. The van der Waals surface area contributed by atoms with Crippen LogP contribution >= 0.6 is 22.6 Å². The van der Waals surface area contributed by atoms with Crippen LogP contribution in [0.2, 0.25) is 0 Å². The Morgan fingerprint density at radius 2 is 1.33 bits per heavy atom. The molecule has 4 aromatic carbocycles. The van der Waals surface area contributed by atoms with Gasteiger partial charge >= 0.3 is 36.1 Å². The fourth-order valence-corrected chi connectivity index (χ4v) is 7.44. The summed E-state index contributed by atoms with van der Waals surface area (Å²) in [6.45, 7) is 2.71. The number of amides is 2. The third-order valence-electron chi connectivity index (χ3n) is 9.73. The molecule has 4 aromatic rings. The highest BCUT2D eigenvalue weighted by Crippen LogP contribution is 2.44. The summed E-state index contributed by atoms with van der Waals surface area (Å²) in [5.41, 5.74) is 4.51. The third-order valence-corrected chi connectivity index (χ3v) is 10.5. The van der Waals surface area contributed by atoms with Crippen molar-refractivity contribution >= 4 is 70.3 Å². The second-order valence-corrected chi connectivity index (χ2v) is 15.5. The molecule has 0 aromatic heterocycles. The van der Waals surface area contributed by atoms with Crippen molar-refractivity contribution in [1.29, 1.82) is 0 Å². The summed E-state index contributed by atoms with van der Waals surface area (Å²) in [7, 11) is 1.04. The lowest BCUT2D eigenvalue weighted by Gasteiger charge is -2.43. The molecule has 2 amide bonds. The standard InChI is InChI=1S/C45H43IN2O16/c1-24(49)59-38-39(60-25(2)50)41(61-26(3)51)43(64-40(38)42(53)56-4)63-36-18-13-27(22-58-45(55)62-29-16-14-28(46)15-17-29)21-35(36)48-37(52)19-20-47-44(54)57-23-34-32-11-7-5-9-30(32)31-10-6-8-12-33(31)34/h5-18,21,34,38-41,43H,19-20,22-23H2,1-4H3,(H,47,54)(H,48,52)/t38-,39-,40-,41+,43+/m0/s1. The van der Waals surface area contributed by atoms with Crippen LogP contribution in [0.3, 0.4) is 0 Å². The number of alkyl carbamates (subject to hydrolysis) is 1. The highest BCUT2D eigenvalue weighted by molar-refractivity contribution is 14.1. The number of benzene rings is 4. The summed E-state index contributed by atoms with van der Waals surface area (Å²) in [6, 6.07) is 26.7. The van der Waals surface area contributed by atoms with Crippen molar-refractivity contribution in [3.05, 3.63) is 111 Å². The Hall–Kier alpha value is -6.74. The van der Waals surface area contributed by atoms with Crippen LogP contribution in [0, 0.1) is 3.57 Å². The molecule has 336 valence electrons. The summed E-state index contributed by atoms with van der Waals surface area (Å²) in [4.78, 5) is 88.7. The van der Waals surface area contributed by atoms with Crippen LogP contribution in [0.1, 0.15) is 49.8 Å². The number of carbonyl (C=O) groups excluding carboxylic acids is 7. The predicted molar refractivity (Wildman–Crippen MR) is 231 cm³/mol. The number of carbonyl (C=O) groups is 7. The fraction of sp³-hybridized carbons (Fsp3) is 0.311. The van der Waals surface area contributed by atoms with Crippen LogP contribution in [-0.4, -0.2) is 93.0 Å². The van der Waals surface area contributed by atoms with Crippen molar-refractivity contribution in [2.75, 3.05) is 25.6 Å². The topological polar surface area (TPSA) is 227 Å². The van der Waals surface area contributed by atoms with Gasteiger partial charge in [-0.1, -0.05) is 54.6 Å². The summed E-state index contributed by atoms with van der Waals surface area (Å²) in [5.74, 6) is -4.42. The van der Waals surface area contributed by atoms with E-state index in [-0.39, 0.29) is 49.3 Å². The Morgan fingerprint density at radius 1 is 0.719 bits per heavy atom. The van der Waals surface area contributed by atoms with Crippen molar-refractivity contribution in [2.24, 2.45) is 0 Å². The van der Waals surface area contributed by atoms with E-state index in [2.05, 4.69) is 33.2 Å². The van der Waals surface area contributed by atoms with Gasteiger partial charge in [-0.25, -0.2) is 14.4 Å². The lowest BCUT2D eigenvalue weighted by molar-refractivity contribution is -0.282. The van der Waals surface area contributed by atoms with E-state index in [0.717, 1.165) is 53.7 Å². The molecule has 5 atom stereocenters. The van der Waals surface area contributed by atoms with E-state index in [9.17, 15) is 33.6 Å². The SMILES string of the molecule is COC(=O)[C@H]1O[C@@H](Oc2ccc(COC(=O)Oc3ccc(I)cc3)cc2NC(=O)CCNC(=O)OCC2c3ccccc3-c3ccccc32)[C@H](OC(C)=O)[C@@H](OC(C)=O)[C@@H]1OC(C)=O. The molecule has 1 heterocycles. The zero-order valence-electron chi connectivity index (χ0n) is 34.9. The molecular formula is C45H43IN2O16. The second kappa shape index (κ2) is 21.6. The Kier molecular flexibility index (Phi) is 15.8. The largest absolute Gasteiger partial charge is 0.514 e. The highest BCUT2D eigenvalue weighted by atomic mass is 127. The van der Waals surface area contributed by atoms with Gasteiger partial charge in [0.2, 0.25) is 18.3 Å². The lowest BCUT2D eigenvalue weighted by Crippen LogP contribution is -2.64. The van der Waals surface area contributed by atoms with Gasteiger partial charge in [-0.3, -0.25) is 19.2 Å². The highest BCUT2D eigenvalue weighted by Gasteiger charge is 2.56. The number of ether oxygens (including phenoxy) is 9. The first kappa shape index (κ1) is 46.8. The van der Waals surface area contributed by atoms with E-state index in [0.29, 0.717) is 5.56 Å². The maximum absolute atomic E-state index is 13.5. The quantitative estimate of drug-likeness (QED) is 0.0608. The Balaban J connectivity index is 1.18. The average Bonchev–Trinajstić information content (AvgIpc) is 3.58. The number of fused-ring (bicyclic) bond motifs is 3. The van der Waals surface area contributed by atoms with E-state index < -0.39 is 72.7 Å². The summed E-state index contributed by atoms with van der Waals surface area (Å²) >= 11 is 2.10. The minimum atomic E-state index is -1.76. The van der Waals surface area contributed by atoms with Gasteiger partial charge in [0.25, 0.3) is 0 Å². The van der Waals surface area contributed by atoms with Gasteiger partial charge in [-0.05, 0) is 86.8 Å². The van der Waals surface area contributed by atoms with Crippen LogP contribution in [0.4, 0.5) is 15.3 Å². The van der Waals surface area contributed by atoms with Gasteiger partial charge in [-0.15, -0.1) is 0 Å². The van der Waals surface area contributed by atoms with Gasteiger partial charge in [0, 0.05) is 43.2 Å². The molecule has 19 heteroatoms. The number of nitrogens with one attached hydrogen (secondary N) is 2. The third kappa shape index (κ3) is 12.0. The molecule has 0 spiro atoms. The van der Waals surface area contributed by atoms with Gasteiger partial charge in [0.1, 0.15) is 24.7 Å². The predicted octanol–water partition coefficient (Wildman–Crippen LogP) is 5.95. The number of rotatable bonds is 15. The monoisotopic (exact) mass is 994 g/mol. The molecule has 0 bridgehead atoms. The van der Waals surface area contributed by atoms with Crippen molar-refractivity contribution < 1.29 is 76.2 Å². The molecule has 64 heavy (non-hydrogen) atoms. The molecule has 0 unspecified atom stereocenters. The zero-order valence-corrected chi connectivity index (χ0v) is 37.0. The molecule has 18 nitrogen and oxygen atoms in total. The van der Waals surface area contributed by atoms with Crippen LogP contribution in [0.15, 0.2) is 91.0 Å². The minimum Gasteiger partial charge on any atom is -0.467 e. The maximum Gasteiger partial charge on any atom is 0.514 e. The van der Waals surface area contributed by atoms with Crippen molar-refractivity contribution in [3.63, 3.8) is 0 Å². The van der Waals surface area contributed by atoms with Crippen LogP contribution in [-0.2, 0) is 63.7 Å². The maximum atomic E-state index is 13.5. The van der Waals surface area contributed by atoms with Gasteiger partial charge < -0.3 is 53.3 Å². The van der Waals surface area contributed by atoms with Gasteiger partial charge in [0.05, 0.1) is 12.8 Å². The first-order valence-electron chi connectivity index (χ1n) is 19.7. The number of hydrogen-bond acceptors (Lipinski definition) is 16. The van der Waals surface area contributed by atoms with E-state index in [4.69, 9.17) is 42.6 Å². The number of methoxy groups -OCH3 is 1. The van der Waals surface area contributed by atoms with Crippen molar-refractivity contribution in [2.45, 2.75) is 70.4 Å². The molecule has 1 fully saturated rings. The molecule has 0 radical (unpaired) electrons. The van der Waals surface area contributed by atoms with E-state index in [1.165, 1.54) is 18.2 Å². The first-order valence-corrected chi connectivity index (χ1v) is 20.8. The molecule has 2 N–H and O–H groups in total. The molecule has 1 saturated heterocycles. The number of hydrogen-bond donors (Lipinski definition) is 2. The smallest absolute Gasteiger partial charge is 0.467 e. The van der Waals surface area contributed by atoms with Crippen molar-refractivity contribution in [1.82, 2.24) is 5.32 Å². The summed E-state index contributed by atoms with van der Waals surface area (Å²) in [5, 5.41) is 5.27. The Bertz CT molecular complexity index is 2340. The molecule has 6 rings (SSSR count). The first-order chi connectivity index (χ1) is 30.7. The number of esters is 4. The molecular weight excluding hydrogens is 951 g/mol. The minimum absolute atomic E-state index is 0.0378. The molecule has 1 aliphatic heterocycles. The molecule has 1 aliphatic carbocycles. The Morgan fingerprint density at radius 3 is 1.95 bits per heavy atom. The van der Waals surface area contributed by atoms with Gasteiger partial charge in [-0.2, -0.15) is 0 Å². The Labute approximate surface area is 380 Å². The summed E-state index contributed by atoms with van der Waals surface area (Å²) < 4.78 is 50.2. The normalized spacial score (nSPS) is 18.5. The second-order valence-electron chi connectivity index (χ2n) is 14.3. The van der Waals surface area contributed by atoms with Crippen LogP contribution in [0.5, 0.6) is 11.5 Å². The van der Waals surface area contributed by atoms with Crippen molar-refractivity contribution in [3.8, 4) is 22.6 Å².